The molecule has 0 aromatic rings. The van der Waals surface area contributed by atoms with E-state index in [1.54, 1.807) is 0 Å². The number of nitrogens with zero attached hydrogens (tertiary/aromatic N) is 1. The number of hydrogen-bond acceptors (Lipinski definition) is 1. The first kappa shape index (κ1) is 20.9. The summed E-state index contributed by atoms with van der Waals surface area (Å²) in [5, 5.41) is 0. The van der Waals surface area contributed by atoms with Crippen molar-refractivity contribution in [2.24, 2.45) is 0 Å². The zero-order chi connectivity index (χ0) is 17.1. The van der Waals surface area contributed by atoms with E-state index in [0.717, 1.165) is 36.3 Å². The van der Waals surface area contributed by atoms with Gasteiger partial charge in [0.1, 0.15) is 16.5 Å². The van der Waals surface area contributed by atoms with Crippen molar-refractivity contribution in [1.82, 2.24) is 4.14 Å². The molecule has 0 saturated carbocycles. The minimum Gasteiger partial charge on any atom is -0.392 e. The quantitative estimate of drug-likeness (QED) is 0.325. The van der Waals surface area contributed by atoms with Gasteiger partial charge in [0.15, 0.2) is 7.98 Å². The summed E-state index contributed by atoms with van der Waals surface area (Å²) < 4.78 is 2.75. The van der Waals surface area contributed by atoms with Crippen molar-refractivity contribution >= 4 is 24.5 Å². The molecule has 22 heavy (non-hydrogen) atoms. The van der Waals surface area contributed by atoms with E-state index in [9.17, 15) is 0 Å². The van der Waals surface area contributed by atoms with Crippen LogP contribution < -0.4 is 0 Å². The normalized spacial score (nSPS) is 11.7. The van der Waals surface area contributed by atoms with Crippen LogP contribution in [0.2, 0.25) is 36.3 Å². The van der Waals surface area contributed by atoms with Crippen molar-refractivity contribution in [2.75, 3.05) is 0 Å². The lowest BCUT2D eigenvalue weighted by atomic mass is 10.5. The third kappa shape index (κ3) is 4.97. The van der Waals surface area contributed by atoms with Crippen LogP contribution in [0.4, 0.5) is 0 Å². The van der Waals surface area contributed by atoms with Gasteiger partial charge in [-0.2, -0.15) is 0 Å². The van der Waals surface area contributed by atoms with Crippen LogP contribution in [0, 0.1) is 0 Å². The van der Waals surface area contributed by atoms with Gasteiger partial charge in [-0.1, -0.05) is 36.5 Å². The van der Waals surface area contributed by atoms with Gasteiger partial charge in [-0.15, -0.1) is 39.5 Å². The predicted molar refractivity (Wildman–Crippen MR) is 112 cm³/mol. The molecule has 120 valence electrons. The van der Waals surface area contributed by atoms with Gasteiger partial charge in [-0.05, 0) is 36.3 Å². The van der Waals surface area contributed by atoms with Gasteiger partial charge in [-0.25, -0.2) is 0 Å². The van der Waals surface area contributed by atoms with E-state index >= 15 is 0 Å². The molecule has 0 aromatic carbocycles. The average Bonchev–Trinajstić information content (AvgIpc) is 2.48. The van der Waals surface area contributed by atoms with Crippen LogP contribution in [0.1, 0.15) is 0 Å². The lowest BCUT2D eigenvalue weighted by Gasteiger charge is -2.51. The molecular formula is C18H32BNSi2. The zero-order valence-electron chi connectivity index (χ0n) is 14.4. The lowest BCUT2D eigenvalue weighted by molar-refractivity contribution is 0.894. The smallest absolute Gasteiger partial charge is 0.170 e. The molecule has 0 aromatic heterocycles. The summed E-state index contributed by atoms with van der Waals surface area (Å²) in [4.78, 5) is 0. The fourth-order valence-electron chi connectivity index (χ4n) is 3.44. The third-order valence-corrected chi connectivity index (χ3v) is 16.6. The van der Waals surface area contributed by atoms with Crippen molar-refractivity contribution in [1.29, 1.82) is 0 Å². The maximum atomic E-state index is 4.01. The van der Waals surface area contributed by atoms with Crippen molar-refractivity contribution < 1.29 is 0 Å². The van der Waals surface area contributed by atoms with E-state index in [4.69, 9.17) is 0 Å². The molecule has 0 amide bonds. The first-order chi connectivity index (χ1) is 10.5. The van der Waals surface area contributed by atoms with Crippen LogP contribution in [0.25, 0.3) is 0 Å². The molecule has 0 rings (SSSR count). The highest BCUT2D eigenvalue weighted by molar-refractivity contribution is 6.98. The molecule has 0 radical (unpaired) electrons. The highest BCUT2D eigenvalue weighted by Gasteiger charge is 2.45. The Labute approximate surface area is 141 Å². The lowest BCUT2D eigenvalue weighted by Crippen LogP contribution is -2.65. The highest BCUT2D eigenvalue weighted by Crippen LogP contribution is 2.36. The molecule has 0 bridgehead atoms. The van der Waals surface area contributed by atoms with Crippen molar-refractivity contribution in [3.8, 4) is 0 Å². The summed E-state index contributed by atoms with van der Waals surface area (Å²) >= 11 is 0. The fourth-order valence-corrected chi connectivity index (χ4v) is 15.0. The summed E-state index contributed by atoms with van der Waals surface area (Å²) in [5.74, 6) is 0. The van der Waals surface area contributed by atoms with Gasteiger partial charge in [0.05, 0.1) is 0 Å². The van der Waals surface area contributed by atoms with E-state index in [-0.39, 0.29) is 0 Å². The SMILES string of the molecule is BN([Si](CC=C)(CC=C)CC=C)[Si](CC=C)(CC=C)CC=C. The van der Waals surface area contributed by atoms with Gasteiger partial charge in [0.25, 0.3) is 0 Å². The van der Waals surface area contributed by atoms with Crippen LogP contribution in [0.3, 0.4) is 0 Å². The largest absolute Gasteiger partial charge is 0.392 e. The molecule has 0 aliphatic heterocycles. The maximum absolute atomic E-state index is 4.01. The molecule has 1 nitrogen and oxygen atoms in total. The average molecular weight is 329 g/mol. The summed E-state index contributed by atoms with van der Waals surface area (Å²) in [5.41, 5.74) is 0. The minimum absolute atomic E-state index is 1.06. The number of rotatable bonds is 14. The van der Waals surface area contributed by atoms with E-state index in [1.165, 1.54) is 0 Å². The molecule has 4 heteroatoms. The van der Waals surface area contributed by atoms with Crippen molar-refractivity contribution in [3.05, 3.63) is 75.9 Å². The molecular weight excluding hydrogens is 297 g/mol. The molecule has 0 fully saturated rings. The van der Waals surface area contributed by atoms with E-state index in [1.807, 2.05) is 0 Å². The molecule has 0 N–H and O–H groups in total. The van der Waals surface area contributed by atoms with Gasteiger partial charge in [0.2, 0.25) is 0 Å². The molecule has 0 heterocycles. The van der Waals surface area contributed by atoms with Gasteiger partial charge >= 0.3 is 0 Å². The first-order valence-corrected chi connectivity index (χ1v) is 13.1. The Morgan fingerprint density at radius 3 is 0.864 bits per heavy atom. The van der Waals surface area contributed by atoms with Gasteiger partial charge in [0, 0.05) is 0 Å². The van der Waals surface area contributed by atoms with Crippen molar-refractivity contribution in [2.45, 2.75) is 36.3 Å². The Balaban J connectivity index is 5.97. The molecule has 0 atom stereocenters. The first-order valence-electron chi connectivity index (χ1n) is 7.91. The van der Waals surface area contributed by atoms with Crippen LogP contribution in [-0.2, 0) is 0 Å². The standard InChI is InChI=1S/C18H32BNSi2/c1-7-13-21(14-8-2,15-9-3)20(19)22(16-10-4,17-11-5)18-12-6/h7-12H,1-6,13-19H2. The maximum Gasteiger partial charge on any atom is 0.170 e. The van der Waals surface area contributed by atoms with E-state index in [2.05, 4.69) is 88.1 Å². The summed E-state index contributed by atoms with van der Waals surface area (Å²) in [6.07, 6.45) is 12.4. The summed E-state index contributed by atoms with van der Waals surface area (Å²) in [6, 6.07) is 6.34. The highest BCUT2D eigenvalue weighted by atomic mass is 28.4. The molecule has 0 saturated heterocycles. The van der Waals surface area contributed by atoms with Crippen LogP contribution in [-0.4, -0.2) is 28.6 Å². The molecule has 0 aliphatic carbocycles. The summed E-state index contributed by atoms with van der Waals surface area (Å²) in [7, 11) is -1.19. The van der Waals surface area contributed by atoms with Crippen LogP contribution in [0.5, 0.6) is 0 Å². The second-order valence-corrected chi connectivity index (χ2v) is 15.1. The minimum atomic E-state index is -1.75. The van der Waals surface area contributed by atoms with Gasteiger partial charge < -0.3 is 4.14 Å². The Morgan fingerprint density at radius 1 is 0.545 bits per heavy atom. The van der Waals surface area contributed by atoms with E-state index < -0.39 is 16.5 Å². The summed E-state index contributed by atoms with van der Waals surface area (Å²) in [6.45, 7) is 24.0. The Morgan fingerprint density at radius 2 is 0.727 bits per heavy atom. The zero-order valence-corrected chi connectivity index (χ0v) is 16.4. The Kier molecular flexibility index (Phi) is 10.1. The van der Waals surface area contributed by atoms with Gasteiger partial charge in [-0.3, -0.25) is 0 Å². The van der Waals surface area contributed by atoms with Crippen LogP contribution in [0.15, 0.2) is 75.9 Å². The third-order valence-electron chi connectivity index (χ3n) is 4.57. The van der Waals surface area contributed by atoms with E-state index in [0.29, 0.717) is 0 Å². The fraction of sp³-hybridized carbons (Fsp3) is 0.333. The Bertz CT molecular complexity index is 326. The molecule has 0 spiro atoms. The number of allylic oxidation sites excluding steroid dienone is 6. The molecule has 0 aliphatic rings. The number of hydrogen-bond donors (Lipinski definition) is 0. The Hall–Kier alpha value is -1.10. The monoisotopic (exact) mass is 329 g/mol. The van der Waals surface area contributed by atoms with Crippen molar-refractivity contribution in [3.63, 3.8) is 0 Å². The predicted octanol–water partition coefficient (Wildman–Crippen LogP) is 4.84. The topological polar surface area (TPSA) is 3.24 Å². The second-order valence-electron chi connectivity index (χ2n) is 5.96. The second kappa shape index (κ2) is 10.6. The molecule has 0 unspecified atom stereocenters. The van der Waals surface area contributed by atoms with Crippen LogP contribution >= 0.6 is 0 Å².